The number of amides is 8. The molecule has 67 heavy (non-hydrogen) atoms. The second-order valence-corrected chi connectivity index (χ2v) is 20.7. The Morgan fingerprint density at radius 2 is 1.28 bits per heavy atom. The second kappa shape index (κ2) is 35.8. The molecule has 3 aliphatic heterocycles. The van der Waals surface area contributed by atoms with Gasteiger partial charge in [-0.15, -0.1) is 0 Å². The smallest absolute Gasteiger partial charge is 0.315 e. The minimum atomic E-state index is -5.10. The number of carbonyl (C=O) groups is 7. The molecule has 0 radical (unpaired) electrons. The van der Waals surface area contributed by atoms with Crippen LogP contribution < -0.4 is 36.8 Å². The summed E-state index contributed by atoms with van der Waals surface area (Å²) in [7, 11) is -2.39. The van der Waals surface area contributed by atoms with E-state index in [1.54, 1.807) is 4.90 Å². The molecule has 4 atom stereocenters. The average Bonchev–Trinajstić information content (AvgIpc) is 3.96. The van der Waals surface area contributed by atoms with E-state index >= 15 is 0 Å². The monoisotopic (exact) mass is 1030 g/mol. The van der Waals surface area contributed by atoms with Gasteiger partial charge in [0.1, 0.15) is 15.4 Å². The number of ether oxygens (including phenoxy) is 4. The molecular formula is C41H72N8O14S4. The lowest BCUT2D eigenvalue weighted by molar-refractivity contribution is -0.894. The van der Waals surface area contributed by atoms with Crippen molar-refractivity contribution in [2.24, 2.45) is 0 Å². The molecule has 26 heteroatoms. The molecule has 0 spiro atoms. The van der Waals surface area contributed by atoms with Crippen molar-refractivity contribution in [2.75, 3.05) is 122 Å². The van der Waals surface area contributed by atoms with Crippen molar-refractivity contribution in [3.05, 3.63) is 12.2 Å². The van der Waals surface area contributed by atoms with Gasteiger partial charge in [0.15, 0.2) is 0 Å². The van der Waals surface area contributed by atoms with Crippen LogP contribution in [0.5, 0.6) is 0 Å². The summed E-state index contributed by atoms with van der Waals surface area (Å²) in [6.45, 7) is 13.3. The van der Waals surface area contributed by atoms with Crippen molar-refractivity contribution in [3.63, 3.8) is 0 Å². The number of carbonyl (C=O) groups excluding carboxylic acids is 7. The van der Waals surface area contributed by atoms with Crippen molar-refractivity contribution >= 4 is 84.9 Å². The summed E-state index contributed by atoms with van der Waals surface area (Å²) in [6.07, 6.45) is 5.22. The summed E-state index contributed by atoms with van der Waals surface area (Å²) in [6, 6.07) is 0.330. The zero-order valence-electron chi connectivity index (χ0n) is 38.9. The first-order valence-electron chi connectivity index (χ1n) is 22.8. The molecule has 22 nitrogen and oxygen atoms in total. The first-order chi connectivity index (χ1) is 32.2. The number of quaternary nitrogens is 1. The van der Waals surface area contributed by atoms with Crippen LogP contribution in [0.4, 0.5) is 4.79 Å². The number of urea groups is 1. The summed E-state index contributed by atoms with van der Waals surface area (Å²) in [5.41, 5.74) is 0. The molecule has 384 valence electrons. The molecule has 0 aromatic carbocycles. The number of nitrogens with one attached hydrogen (secondary N) is 7. The molecule has 0 aromatic rings. The van der Waals surface area contributed by atoms with Crippen molar-refractivity contribution in [1.82, 2.24) is 36.8 Å². The van der Waals surface area contributed by atoms with Crippen LogP contribution in [0.15, 0.2) is 12.2 Å². The first-order valence-corrected chi connectivity index (χ1v) is 27.8. The van der Waals surface area contributed by atoms with Gasteiger partial charge in [0.05, 0.1) is 84.6 Å². The Morgan fingerprint density at radius 1 is 0.746 bits per heavy atom. The van der Waals surface area contributed by atoms with E-state index < -0.39 is 45.5 Å². The minimum absolute atomic E-state index is 0.00513. The van der Waals surface area contributed by atoms with Crippen LogP contribution in [0.2, 0.25) is 0 Å². The average molecular weight is 1030 g/mol. The van der Waals surface area contributed by atoms with Crippen LogP contribution in [-0.2, 0) is 57.8 Å². The standard InChI is InChI=1S/C35H57N7O14S4.C6H15N/c43-28(4-2-1-3-26-33-25(24-57-26)40-35(49)41-33)36-9-13-53-15-17-55-19-20-56-18-16-54-14-10-37-30(45)8-21-58-59-22-11-38-34(48)27(60(50,51)52)23-39-29(44)7-12-42-31(46)5-6-32(42)47;1-4-7(5-2)6-3/h5-6,25-27,33H,1-4,7-24H2,(H,36,43)(H,37,45)(H,38,48)(H,39,44)(H2,40,41,49)(H,50,51,52);4-6H2,1-3H3/t25-,26?,27?,33-;/m0./s1. The Hall–Kier alpha value is -3.21. The molecule has 8 amide bonds. The Bertz CT molecular complexity index is 1640. The normalized spacial score (nSPS) is 18.0. The molecule has 0 saturated carbocycles. The Morgan fingerprint density at radius 3 is 1.84 bits per heavy atom. The highest BCUT2D eigenvalue weighted by molar-refractivity contribution is 8.76. The zero-order valence-corrected chi connectivity index (χ0v) is 42.2. The number of nitrogens with zero attached hydrogens (tertiary/aromatic N) is 1. The van der Waals surface area contributed by atoms with E-state index in [4.69, 9.17) is 18.9 Å². The lowest BCUT2D eigenvalue weighted by atomic mass is 10.0. The van der Waals surface area contributed by atoms with Gasteiger partial charge >= 0.3 is 6.03 Å². The third-order valence-electron chi connectivity index (χ3n) is 10.4. The summed E-state index contributed by atoms with van der Waals surface area (Å²) in [4.78, 5) is 85.5. The van der Waals surface area contributed by atoms with Gasteiger partial charge < -0.3 is 60.3 Å². The lowest BCUT2D eigenvalue weighted by Gasteiger charge is -2.20. The highest BCUT2D eigenvalue weighted by Crippen LogP contribution is 2.33. The lowest BCUT2D eigenvalue weighted by Crippen LogP contribution is -3.11. The van der Waals surface area contributed by atoms with Gasteiger partial charge in [-0.1, -0.05) is 28.0 Å². The topological polar surface area (TPSA) is 293 Å². The van der Waals surface area contributed by atoms with Crippen molar-refractivity contribution in [3.8, 4) is 0 Å². The molecule has 3 heterocycles. The summed E-state index contributed by atoms with van der Waals surface area (Å²) in [5, 5.41) is 14.4. The number of fused-ring (bicyclic) bond motifs is 1. The maximum atomic E-state index is 12.3. The van der Waals surface area contributed by atoms with E-state index in [2.05, 4.69) is 52.7 Å². The van der Waals surface area contributed by atoms with E-state index in [0.29, 0.717) is 89.1 Å². The quantitative estimate of drug-likeness (QED) is 0.0119. The molecular weight excluding hydrogens is 957 g/mol. The first kappa shape index (κ1) is 59.9. The Balaban J connectivity index is 0.00000203. The van der Waals surface area contributed by atoms with Gasteiger partial charge in [-0.25, -0.2) is 13.2 Å². The predicted octanol–water partition coefficient (Wildman–Crippen LogP) is -1.83. The van der Waals surface area contributed by atoms with Crippen molar-refractivity contribution in [1.29, 1.82) is 0 Å². The maximum absolute atomic E-state index is 12.3. The van der Waals surface area contributed by atoms with Crippen LogP contribution in [0.1, 0.15) is 59.3 Å². The molecule has 2 saturated heterocycles. The highest BCUT2D eigenvalue weighted by Gasteiger charge is 2.42. The van der Waals surface area contributed by atoms with Gasteiger partial charge in [-0.05, 0) is 33.6 Å². The van der Waals surface area contributed by atoms with Gasteiger partial charge in [-0.3, -0.25) is 33.7 Å². The summed E-state index contributed by atoms with van der Waals surface area (Å²) >= 11 is 1.88. The van der Waals surface area contributed by atoms with E-state index in [9.17, 15) is 46.5 Å². The Labute approximate surface area is 406 Å². The molecule has 3 aliphatic rings. The van der Waals surface area contributed by atoms with Crippen molar-refractivity contribution < 1.29 is 70.4 Å². The third kappa shape index (κ3) is 26.9. The third-order valence-corrected chi connectivity index (χ3v) is 15.4. The van der Waals surface area contributed by atoms with Gasteiger partial charge in [0, 0.05) is 86.6 Å². The number of imide groups is 1. The number of unbranched alkanes of at least 4 members (excludes halogenated alkanes) is 1. The van der Waals surface area contributed by atoms with E-state index in [-0.39, 0.29) is 55.9 Å². The second-order valence-electron chi connectivity index (χ2n) is 15.2. The molecule has 0 bridgehead atoms. The van der Waals surface area contributed by atoms with Crippen LogP contribution in [-0.4, -0.2) is 204 Å². The maximum Gasteiger partial charge on any atom is 0.315 e. The molecule has 0 aromatic heterocycles. The fourth-order valence-electron chi connectivity index (χ4n) is 6.56. The fraction of sp³-hybridized carbons (Fsp3) is 0.780. The van der Waals surface area contributed by atoms with Crippen molar-refractivity contribution in [2.45, 2.75) is 81.9 Å². The largest absolute Gasteiger partial charge is 0.747 e. The highest BCUT2D eigenvalue weighted by atomic mass is 33.1. The van der Waals surface area contributed by atoms with Gasteiger partial charge in [0.2, 0.25) is 23.6 Å². The van der Waals surface area contributed by atoms with Crippen LogP contribution in [0.25, 0.3) is 0 Å². The zero-order chi connectivity index (χ0) is 49.3. The Kier molecular flexibility index (Phi) is 32.0. The number of hydrogen-bond donors (Lipinski definition) is 7. The number of hydrogen-bond acceptors (Lipinski definition) is 17. The molecule has 3 rings (SSSR count). The van der Waals surface area contributed by atoms with Crippen LogP contribution >= 0.6 is 33.3 Å². The number of rotatable bonds is 37. The summed E-state index contributed by atoms with van der Waals surface area (Å²) in [5.74, 6) is -1.38. The number of thioether (sulfide) groups is 1. The minimum Gasteiger partial charge on any atom is -0.747 e. The predicted molar refractivity (Wildman–Crippen MR) is 255 cm³/mol. The van der Waals surface area contributed by atoms with Gasteiger partial charge in [-0.2, -0.15) is 11.8 Å². The summed E-state index contributed by atoms with van der Waals surface area (Å²) < 4.78 is 56.7. The van der Waals surface area contributed by atoms with E-state index in [1.165, 1.54) is 41.2 Å². The molecule has 2 fully saturated rings. The van der Waals surface area contributed by atoms with E-state index in [1.807, 2.05) is 11.8 Å². The molecule has 0 aliphatic carbocycles. The fourth-order valence-corrected chi connectivity index (χ4v) is 10.6. The van der Waals surface area contributed by atoms with Crippen LogP contribution in [0, 0.1) is 0 Å². The SMILES string of the molecule is CC[NH+](CC)CC.O=C(CCCCC1SC[C@@H]2NC(=O)N[C@H]12)NCCOCCOCCOCCOCCNC(=O)CCSSCCNC(=O)C(CNC(=O)CCN1C(=O)C=CC1=O)S(=O)(=O)[O-]. The van der Waals surface area contributed by atoms with Gasteiger partial charge in [0.25, 0.3) is 11.8 Å². The van der Waals surface area contributed by atoms with E-state index in [0.717, 1.165) is 42.1 Å². The van der Waals surface area contributed by atoms with Crippen LogP contribution in [0.3, 0.4) is 0 Å². The molecule has 7 N–H and O–H groups in total. The molecule has 2 unspecified atom stereocenters.